The number of benzene rings is 1. The van der Waals surface area contributed by atoms with E-state index in [2.05, 4.69) is 5.32 Å². The second-order valence-corrected chi connectivity index (χ2v) is 3.92. The average molecular weight is 220 g/mol. The lowest BCUT2D eigenvalue weighted by Crippen LogP contribution is -2.61. The normalized spacial score (nSPS) is 23.4. The molecule has 2 rings (SSSR count). The van der Waals surface area contributed by atoms with Gasteiger partial charge in [0.25, 0.3) is 5.69 Å². The standard InChI is InChI=1S/C11H12N2O3/c1-2-11(7-12-10(11)14)8-3-5-9(6-4-8)13(15)16/h3-6H,2,7H2,1H3,(H,12,14). The molecule has 84 valence electrons. The van der Waals surface area contributed by atoms with Crippen LogP contribution in [0.3, 0.4) is 0 Å². The van der Waals surface area contributed by atoms with Crippen molar-refractivity contribution in [1.82, 2.24) is 5.32 Å². The van der Waals surface area contributed by atoms with Crippen molar-refractivity contribution in [3.63, 3.8) is 0 Å². The first-order valence-electron chi connectivity index (χ1n) is 5.13. The molecule has 1 heterocycles. The zero-order valence-electron chi connectivity index (χ0n) is 8.90. The minimum atomic E-state index is -0.477. The molecule has 1 unspecified atom stereocenters. The van der Waals surface area contributed by atoms with Gasteiger partial charge in [-0.15, -0.1) is 0 Å². The smallest absolute Gasteiger partial charge is 0.269 e. The molecule has 0 saturated carbocycles. The van der Waals surface area contributed by atoms with Gasteiger partial charge in [0.15, 0.2) is 0 Å². The molecule has 0 spiro atoms. The Labute approximate surface area is 92.6 Å². The van der Waals surface area contributed by atoms with Crippen LogP contribution in [0.15, 0.2) is 24.3 Å². The molecule has 1 aromatic rings. The number of hydrogen-bond acceptors (Lipinski definition) is 3. The summed E-state index contributed by atoms with van der Waals surface area (Å²) in [6, 6.07) is 6.22. The highest BCUT2D eigenvalue weighted by Gasteiger charge is 2.46. The van der Waals surface area contributed by atoms with E-state index in [0.717, 1.165) is 5.56 Å². The number of non-ortho nitro benzene ring substituents is 1. The fourth-order valence-electron chi connectivity index (χ4n) is 2.00. The van der Waals surface area contributed by atoms with Gasteiger partial charge in [-0.3, -0.25) is 14.9 Å². The third-order valence-corrected chi connectivity index (χ3v) is 3.22. The molecule has 5 nitrogen and oxygen atoms in total. The molecule has 0 aromatic heterocycles. The van der Waals surface area contributed by atoms with Gasteiger partial charge in [0, 0.05) is 18.7 Å². The number of rotatable bonds is 3. The maximum Gasteiger partial charge on any atom is 0.269 e. The summed E-state index contributed by atoms with van der Waals surface area (Å²) < 4.78 is 0. The summed E-state index contributed by atoms with van der Waals surface area (Å²) in [5, 5.41) is 13.2. The Hall–Kier alpha value is -1.91. The predicted octanol–water partition coefficient (Wildman–Crippen LogP) is 1.37. The van der Waals surface area contributed by atoms with E-state index >= 15 is 0 Å². The van der Waals surface area contributed by atoms with Gasteiger partial charge in [0.2, 0.25) is 5.91 Å². The zero-order chi connectivity index (χ0) is 11.8. The van der Waals surface area contributed by atoms with Crippen molar-refractivity contribution in [3.05, 3.63) is 39.9 Å². The van der Waals surface area contributed by atoms with Crippen molar-refractivity contribution in [2.24, 2.45) is 0 Å². The lowest BCUT2D eigenvalue weighted by Gasteiger charge is -2.40. The van der Waals surface area contributed by atoms with E-state index in [1.165, 1.54) is 12.1 Å². The zero-order valence-corrected chi connectivity index (χ0v) is 8.90. The van der Waals surface area contributed by atoms with E-state index in [9.17, 15) is 14.9 Å². The summed E-state index contributed by atoms with van der Waals surface area (Å²) in [5.74, 6) is 0.00357. The fraction of sp³-hybridized carbons (Fsp3) is 0.364. The van der Waals surface area contributed by atoms with Crippen LogP contribution in [-0.2, 0) is 10.2 Å². The topological polar surface area (TPSA) is 72.2 Å². The van der Waals surface area contributed by atoms with Crippen LogP contribution < -0.4 is 5.32 Å². The van der Waals surface area contributed by atoms with Gasteiger partial charge in [-0.1, -0.05) is 19.1 Å². The number of nitrogens with one attached hydrogen (secondary N) is 1. The van der Waals surface area contributed by atoms with Gasteiger partial charge in [-0.25, -0.2) is 0 Å². The number of nitro groups is 1. The van der Waals surface area contributed by atoms with Gasteiger partial charge in [0.05, 0.1) is 10.3 Å². The summed E-state index contributed by atoms with van der Waals surface area (Å²) in [6.07, 6.45) is 0.705. The van der Waals surface area contributed by atoms with Gasteiger partial charge in [-0.2, -0.15) is 0 Å². The lowest BCUT2D eigenvalue weighted by atomic mass is 9.72. The molecule has 1 N–H and O–H groups in total. The van der Waals surface area contributed by atoms with Crippen LogP contribution >= 0.6 is 0 Å². The van der Waals surface area contributed by atoms with Crippen molar-refractivity contribution in [2.45, 2.75) is 18.8 Å². The van der Waals surface area contributed by atoms with Gasteiger partial charge in [-0.05, 0) is 12.0 Å². The molecule has 1 amide bonds. The summed E-state index contributed by atoms with van der Waals surface area (Å²) in [5.41, 5.74) is 0.425. The highest BCUT2D eigenvalue weighted by atomic mass is 16.6. The number of nitro benzene ring substituents is 1. The summed E-state index contributed by atoms with van der Waals surface area (Å²) >= 11 is 0. The number of carbonyl (C=O) groups is 1. The fourth-order valence-corrected chi connectivity index (χ4v) is 2.00. The molecule has 16 heavy (non-hydrogen) atoms. The number of nitrogens with zero attached hydrogens (tertiary/aromatic N) is 1. The van der Waals surface area contributed by atoms with Crippen molar-refractivity contribution < 1.29 is 9.72 Å². The van der Waals surface area contributed by atoms with Crippen LogP contribution in [0.2, 0.25) is 0 Å². The largest absolute Gasteiger partial charge is 0.354 e. The second kappa shape index (κ2) is 3.59. The Morgan fingerprint density at radius 2 is 2.06 bits per heavy atom. The molecule has 0 bridgehead atoms. The van der Waals surface area contributed by atoms with Gasteiger partial charge < -0.3 is 5.32 Å². The molecule has 1 aromatic carbocycles. The lowest BCUT2D eigenvalue weighted by molar-refractivity contribution is -0.384. The van der Waals surface area contributed by atoms with Crippen LogP contribution in [0.25, 0.3) is 0 Å². The first-order valence-corrected chi connectivity index (χ1v) is 5.13. The molecule has 1 atom stereocenters. The second-order valence-electron chi connectivity index (χ2n) is 3.92. The van der Waals surface area contributed by atoms with E-state index in [0.29, 0.717) is 13.0 Å². The number of β-lactam (4-membered cyclic amide) rings is 1. The van der Waals surface area contributed by atoms with E-state index < -0.39 is 10.3 Å². The molecular formula is C11H12N2O3. The van der Waals surface area contributed by atoms with Crippen LogP contribution in [0.5, 0.6) is 0 Å². The Bertz CT molecular complexity index is 437. The highest BCUT2D eigenvalue weighted by Crippen LogP contribution is 2.33. The average Bonchev–Trinajstić information content (AvgIpc) is 2.29. The monoisotopic (exact) mass is 220 g/mol. The molecule has 1 saturated heterocycles. The van der Waals surface area contributed by atoms with E-state index in [4.69, 9.17) is 0 Å². The van der Waals surface area contributed by atoms with E-state index in [-0.39, 0.29) is 11.6 Å². The van der Waals surface area contributed by atoms with Crippen LogP contribution in [-0.4, -0.2) is 17.4 Å². The molecule has 5 heteroatoms. The van der Waals surface area contributed by atoms with E-state index in [1.54, 1.807) is 12.1 Å². The van der Waals surface area contributed by atoms with Gasteiger partial charge >= 0.3 is 0 Å². The summed E-state index contributed by atoms with van der Waals surface area (Å²) in [4.78, 5) is 21.6. The quantitative estimate of drug-likeness (QED) is 0.475. The molecule has 0 aliphatic carbocycles. The molecule has 0 radical (unpaired) electrons. The van der Waals surface area contributed by atoms with Crippen molar-refractivity contribution in [3.8, 4) is 0 Å². The molecular weight excluding hydrogens is 208 g/mol. The summed E-state index contributed by atoms with van der Waals surface area (Å²) in [7, 11) is 0. The van der Waals surface area contributed by atoms with Crippen LogP contribution in [0.1, 0.15) is 18.9 Å². The number of amides is 1. The molecule has 1 aliphatic heterocycles. The third kappa shape index (κ3) is 1.36. The number of carbonyl (C=O) groups excluding carboxylic acids is 1. The molecule has 1 aliphatic rings. The highest BCUT2D eigenvalue weighted by molar-refractivity contribution is 5.94. The van der Waals surface area contributed by atoms with Gasteiger partial charge in [0.1, 0.15) is 0 Å². The predicted molar refractivity (Wildman–Crippen MR) is 58.1 cm³/mol. The Balaban J connectivity index is 2.34. The molecule has 1 fully saturated rings. The van der Waals surface area contributed by atoms with Crippen molar-refractivity contribution in [2.75, 3.05) is 6.54 Å². The summed E-state index contributed by atoms with van der Waals surface area (Å²) in [6.45, 7) is 2.56. The minimum absolute atomic E-state index is 0.00357. The van der Waals surface area contributed by atoms with Crippen LogP contribution in [0.4, 0.5) is 5.69 Å². The van der Waals surface area contributed by atoms with Crippen molar-refractivity contribution in [1.29, 1.82) is 0 Å². The SMILES string of the molecule is CCC1(c2ccc([N+](=O)[O-])cc2)CNC1=O. The maximum atomic E-state index is 11.6. The van der Waals surface area contributed by atoms with Crippen molar-refractivity contribution >= 4 is 11.6 Å². The Kier molecular flexibility index (Phi) is 2.38. The first kappa shape index (κ1) is 10.6. The first-order chi connectivity index (χ1) is 7.60. The minimum Gasteiger partial charge on any atom is -0.354 e. The Morgan fingerprint density at radius 3 is 2.38 bits per heavy atom. The number of hydrogen-bond donors (Lipinski definition) is 1. The third-order valence-electron chi connectivity index (χ3n) is 3.22. The van der Waals surface area contributed by atoms with Crippen LogP contribution in [0, 0.1) is 10.1 Å². The Morgan fingerprint density at radius 1 is 1.44 bits per heavy atom. The maximum absolute atomic E-state index is 11.6. The van der Waals surface area contributed by atoms with E-state index in [1.807, 2.05) is 6.92 Å².